The molecule has 0 bridgehead atoms. The Hall–Kier alpha value is -6.00. The van der Waals surface area contributed by atoms with Crippen LogP contribution in [0.2, 0.25) is 0 Å². The van der Waals surface area contributed by atoms with Crippen molar-refractivity contribution in [3.05, 3.63) is 80.1 Å². The number of carboxylic acids is 1. The molecule has 4 aromatic heterocycles. The first-order valence-electron chi connectivity index (χ1n) is 21.1. The summed E-state index contributed by atoms with van der Waals surface area (Å²) in [7, 11) is 0. The summed E-state index contributed by atoms with van der Waals surface area (Å²) < 4.78 is 17.4. The first kappa shape index (κ1) is 41.4. The lowest BCUT2D eigenvalue weighted by Gasteiger charge is -2.21. The number of rotatable bonds is 11. The van der Waals surface area contributed by atoms with E-state index >= 15 is 0 Å². The van der Waals surface area contributed by atoms with Crippen molar-refractivity contribution in [2.75, 3.05) is 17.2 Å². The van der Waals surface area contributed by atoms with Gasteiger partial charge < -0.3 is 30.0 Å². The predicted molar refractivity (Wildman–Crippen MR) is 244 cm³/mol. The number of anilines is 4. The fourth-order valence-corrected chi connectivity index (χ4v) is 11.0. The number of thiophene rings is 2. The number of hydrogen-bond donors (Lipinski definition) is 3. The van der Waals surface area contributed by atoms with E-state index in [0.29, 0.717) is 39.0 Å². The van der Waals surface area contributed by atoms with Gasteiger partial charge in [-0.25, -0.2) is 19.9 Å². The molecule has 2 aliphatic carbocycles. The highest BCUT2D eigenvalue weighted by atomic mass is 32.1. The average molecular weight is 873 g/mol. The van der Waals surface area contributed by atoms with Crippen LogP contribution in [0.1, 0.15) is 90.6 Å². The van der Waals surface area contributed by atoms with E-state index in [1.807, 2.05) is 53.1 Å². The van der Waals surface area contributed by atoms with E-state index in [-0.39, 0.29) is 30.0 Å². The number of esters is 1. The zero-order valence-electron chi connectivity index (χ0n) is 35.3. The largest absolute Gasteiger partial charge is 0.489 e. The topological polar surface area (TPSA) is 182 Å². The molecule has 320 valence electrons. The van der Waals surface area contributed by atoms with Crippen molar-refractivity contribution in [1.82, 2.24) is 19.9 Å². The third-order valence-corrected chi connectivity index (χ3v) is 13.7. The van der Waals surface area contributed by atoms with Crippen LogP contribution in [0, 0.1) is 11.8 Å². The normalized spacial score (nSPS) is 17.0. The summed E-state index contributed by atoms with van der Waals surface area (Å²) in [6.45, 7) is 11.7. The highest BCUT2D eigenvalue weighted by molar-refractivity contribution is 7.19. The van der Waals surface area contributed by atoms with Gasteiger partial charge >= 0.3 is 11.9 Å². The smallest absolute Gasteiger partial charge is 0.309 e. The summed E-state index contributed by atoms with van der Waals surface area (Å²) in [5.74, 6) is 1.84. The highest BCUT2D eigenvalue weighted by Gasteiger charge is 2.31. The van der Waals surface area contributed by atoms with Gasteiger partial charge in [0.25, 0.3) is 0 Å². The third kappa shape index (κ3) is 8.32. The number of benzene rings is 2. The number of nitrogens with one attached hydrogen (secondary N) is 2. The van der Waals surface area contributed by atoms with Crippen molar-refractivity contribution >= 4 is 90.5 Å². The molecule has 0 amide bonds. The van der Waals surface area contributed by atoms with Crippen LogP contribution in [0.25, 0.3) is 20.4 Å². The number of carboxylic acid groups (broad SMARTS) is 1. The number of hydrogen-bond acceptors (Lipinski definition) is 15. The Morgan fingerprint density at radius 2 is 1.21 bits per heavy atom. The number of aromatic nitrogens is 4. The minimum Gasteiger partial charge on any atom is -0.489 e. The van der Waals surface area contributed by atoms with Gasteiger partial charge in [0.15, 0.2) is 0 Å². The van der Waals surface area contributed by atoms with Crippen molar-refractivity contribution < 1.29 is 28.9 Å². The molecule has 2 aliphatic heterocycles. The van der Waals surface area contributed by atoms with Crippen LogP contribution in [0.3, 0.4) is 0 Å². The summed E-state index contributed by atoms with van der Waals surface area (Å²) in [5.41, 5.74) is 8.61. The van der Waals surface area contributed by atoms with Gasteiger partial charge in [-0.2, -0.15) is 0 Å². The van der Waals surface area contributed by atoms with Crippen LogP contribution in [0.4, 0.5) is 23.0 Å². The predicted octanol–water partition coefficient (Wildman–Crippen LogP) is 9.17. The second-order valence-electron chi connectivity index (χ2n) is 16.4. The van der Waals surface area contributed by atoms with Crippen LogP contribution in [0.15, 0.2) is 46.9 Å². The zero-order valence-corrected chi connectivity index (χ0v) is 36.9. The van der Waals surface area contributed by atoms with E-state index in [9.17, 15) is 14.7 Å². The molecule has 6 aromatic rings. The van der Waals surface area contributed by atoms with Crippen molar-refractivity contribution in [2.24, 2.45) is 21.8 Å². The molecular weight excluding hydrogens is 825 g/mol. The van der Waals surface area contributed by atoms with Gasteiger partial charge in [0, 0.05) is 22.2 Å². The maximum Gasteiger partial charge on any atom is 0.309 e. The first-order chi connectivity index (χ1) is 30.0. The average Bonchev–Trinajstić information content (AvgIpc) is 4.05. The fourth-order valence-electron chi connectivity index (χ4n) is 8.51. The number of aliphatic carboxylic acids is 1. The van der Waals surface area contributed by atoms with Crippen LogP contribution in [-0.2, 0) is 53.1 Å². The highest BCUT2D eigenvalue weighted by Crippen LogP contribution is 2.44. The molecule has 0 unspecified atom stereocenters. The number of carbonyl (C=O) groups is 2. The minimum atomic E-state index is -0.724. The SMILES string of the molecule is CC(C)Oc1cc2c(cc1Nc1ncnc3sc4c(c13)CC[C@@H](C(=O)O)C4)C=NC2.CCOC(=O)[C@@H]1CCc2c(sc3ncnc(Nc4cc5c(cc4OC(C)C)CN=C5)c23)C1. The van der Waals surface area contributed by atoms with Crippen molar-refractivity contribution in [3.63, 3.8) is 0 Å². The molecule has 16 heteroatoms. The Labute approximate surface area is 366 Å². The third-order valence-electron chi connectivity index (χ3n) is 11.4. The molecule has 10 rings (SSSR count). The quantitative estimate of drug-likeness (QED) is 0.105. The molecule has 3 N–H and O–H groups in total. The van der Waals surface area contributed by atoms with E-state index < -0.39 is 5.97 Å². The number of ether oxygens (including phenoxy) is 3. The lowest BCUT2D eigenvalue weighted by molar-refractivity contribution is -0.148. The Morgan fingerprint density at radius 3 is 1.68 bits per heavy atom. The molecular formula is C46H48N8O6S2. The number of fused-ring (bicyclic) bond motifs is 8. The molecule has 62 heavy (non-hydrogen) atoms. The first-order valence-corrected chi connectivity index (χ1v) is 22.8. The van der Waals surface area contributed by atoms with Crippen LogP contribution in [-0.4, -0.2) is 68.2 Å². The van der Waals surface area contributed by atoms with E-state index in [2.05, 4.69) is 58.8 Å². The van der Waals surface area contributed by atoms with E-state index in [4.69, 9.17) is 14.2 Å². The van der Waals surface area contributed by atoms with E-state index in [0.717, 1.165) is 101 Å². The number of aliphatic imine (C=N–C) groups is 2. The maximum atomic E-state index is 12.3. The molecule has 14 nitrogen and oxygen atoms in total. The molecule has 6 heterocycles. The van der Waals surface area contributed by atoms with Crippen LogP contribution >= 0.6 is 22.7 Å². The lowest BCUT2D eigenvalue weighted by Crippen LogP contribution is -2.23. The van der Waals surface area contributed by atoms with Gasteiger partial charge in [-0.15, -0.1) is 22.7 Å². The lowest BCUT2D eigenvalue weighted by atomic mass is 9.88. The van der Waals surface area contributed by atoms with Crippen molar-refractivity contribution in [1.29, 1.82) is 0 Å². The zero-order chi connectivity index (χ0) is 43.1. The summed E-state index contributed by atoms with van der Waals surface area (Å²) in [6, 6.07) is 8.24. The molecule has 0 fully saturated rings. The maximum absolute atomic E-state index is 12.3. The van der Waals surface area contributed by atoms with Gasteiger partial charge in [0.05, 0.1) is 65.9 Å². The molecule has 0 spiro atoms. The van der Waals surface area contributed by atoms with Gasteiger partial charge in [-0.1, -0.05) is 0 Å². The molecule has 2 aromatic carbocycles. The second-order valence-corrected chi connectivity index (χ2v) is 18.6. The summed E-state index contributed by atoms with van der Waals surface area (Å²) >= 11 is 3.22. The number of nitrogens with zero attached hydrogens (tertiary/aromatic N) is 6. The summed E-state index contributed by atoms with van der Waals surface area (Å²) in [4.78, 5) is 54.7. The monoisotopic (exact) mass is 872 g/mol. The number of aryl methyl sites for hydroxylation is 2. The van der Waals surface area contributed by atoms with Crippen molar-refractivity contribution in [2.45, 2.75) is 98.4 Å². The molecule has 2 atom stereocenters. The Kier molecular flexibility index (Phi) is 11.6. The fraction of sp³-hybridized carbons (Fsp3) is 0.391. The van der Waals surface area contributed by atoms with Crippen LogP contribution < -0.4 is 20.1 Å². The van der Waals surface area contributed by atoms with Gasteiger partial charge in [0.2, 0.25) is 0 Å². The standard InChI is InChI=1S/C24H26N4O3S.C22H22N4O3S/c1-4-30-24(29)14-5-6-17-20(9-14)32-23-21(17)22(26-12-27-23)28-18-7-15-10-25-11-16(15)8-19(18)31-13(2)3;1-11(2)29-17-6-14-9-23-8-13(14)5-16(17)26-20-19-15-4-3-12(22(27)28)7-18(15)30-21(19)25-10-24-20/h7-8,10,12-14H,4-6,9,11H2,1-3H3,(H,26,27,28);5-6,8,10-12H,3-4,7,9H2,1-2H3,(H,27,28)(H,24,25,26)/t14-;12-/m11/s1. The Balaban J connectivity index is 0.000000158. The molecule has 0 saturated heterocycles. The molecule has 0 saturated carbocycles. The summed E-state index contributed by atoms with van der Waals surface area (Å²) in [5, 5.41) is 18.4. The second kappa shape index (κ2) is 17.4. The van der Waals surface area contributed by atoms with Gasteiger partial charge in [-0.3, -0.25) is 19.6 Å². The number of carbonyl (C=O) groups excluding carboxylic acids is 1. The Bertz CT molecular complexity index is 2780. The van der Waals surface area contributed by atoms with E-state index in [1.54, 1.807) is 35.3 Å². The molecule has 0 radical (unpaired) electrons. The van der Waals surface area contributed by atoms with Gasteiger partial charge in [-0.05, 0) is 131 Å². The summed E-state index contributed by atoms with van der Waals surface area (Å²) in [6.07, 6.45) is 11.2. The molecule has 4 aliphatic rings. The Morgan fingerprint density at radius 1 is 0.726 bits per heavy atom. The van der Waals surface area contributed by atoms with Crippen LogP contribution in [0.5, 0.6) is 11.5 Å². The van der Waals surface area contributed by atoms with E-state index in [1.165, 1.54) is 16.0 Å². The van der Waals surface area contributed by atoms with Gasteiger partial charge in [0.1, 0.15) is 45.5 Å². The minimum absolute atomic E-state index is 0.0400. The van der Waals surface area contributed by atoms with Crippen molar-refractivity contribution in [3.8, 4) is 11.5 Å².